The van der Waals surface area contributed by atoms with Gasteiger partial charge in [0.25, 0.3) is 0 Å². The fourth-order valence-corrected chi connectivity index (χ4v) is 3.28. The molecule has 2 rings (SSSR count). The number of piperidine rings is 1. The molecule has 0 unspecified atom stereocenters. The van der Waals surface area contributed by atoms with E-state index in [0.29, 0.717) is 0 Å². The van der Waals surface area contributed by atoms with E-state index < -0.39 is 0 Å². The van der Waals surface area contributed by atoms with Crippen molar-refractivity contribution in [3.8, 4) is 0 Å². The molecule has 0 aliphatic carbocycles. The molecule has 1 amide bonds. The van der Waals surface area contributed by atoms with Crippen LogP contribution in [-0.2, 0) is 14.1 Å². The second-order valence-electron chi connectivity index (χ2n) is 8.36. The van der Waals surface area contributed by atoms with Crippen LogP contribution in [0.4, 0.5) is 0 Å². The molecule has 2 saturated heterocycles. The van der Waals surface area contributed by atoms with Crippen LogP contribution in [0.1, 0.15) is 67.7 Å². The summed E-state index contributed by atoms with van der Waals surface area (Å²) in [5.74, 6) is 0.198. The van der Waals surface area contributed by atoms with E-state index in [-0.39, 0.29) is 35.8 Å². The third-order valence-electron chi connectivity index (χ3n) is 5.87. The van der Waals surface area contributed by atoms with Crippen molar-refractivity contribution in [1.29, 1.82) is 0 Å². The normalized spacial score (nSPS) is 26.5. The maximum Gasteiger partial charge on any atom is 0.558 e. The highest BCUT2D eigenvalue weighted by Gasteiger charge is 2.55. The predicted octanol–water partition coefficient (Wildman–Crippen LogP) is 2.59. The number of hydrogen-bond acceptors (Lipinski definition) is 4. The fourth-order valence-electron chi connectivity index (χ4n) is 3.28. The largest absolute Gasteiger partial charge is 0.558 e. The van der Waals surface area contributed by atoms with Crippen LogP contribution in [0.2, 0.25) is 0 Å². The van der Waals surface area contributed by atoms with Crippen LogP contribution in [0.15, 0.2) is 0 Å². The summed E-state index contributed by atoms with van der Waals surface area (Å²) in [4.78, 5) is 14.8. The molecule has 5 nitrogen and oxygen atoms in total. The summed E-state index contributed by atoms with van der Waals surface area (Å²) in [6, 6.07) is 0.187. The average Bonchev–Trinajstić information content (AvgIpc) is 2.66. The zero-order chi connectivity index (χ0) is 17.5. The molecule has 1 N–H and O–H groups in total. The molecule has 0 spiro atoms. The molecule has 0 bridgehead atoms. The minimum atomic E-state index is -0.314. The van der Waals surface area contributed by atoms with Crippen LogP contribution in [0.5, 0.6) is 0 Å². The smallest absolute Gasteiger partial charge is 0.389 e. The van der Waals surface area contributed by atoms with Gasteiger partial charge in [-0.25, -0.2) is 0 Å². The number of carbonyl (C=O) groups is 1. The zero-order valence-electron chi connectivity index (χ0n) is 15.9. The van der Waals surface area contributed by atoms with Gasteiger partial charge in [0.2, 0.25) is 5.91 Å². The summed E-state index contributed by atoms with van der Waals surface area (Å²) in [5.41, 5.74) is -0.873. The van der Waals surface area contributed by atoms with Crippen LogP contribution in [0.25, 0.3) is 0 Å². The molecule has 0 atom stereocenters. The molecule has 0 aromatic carbocycles. The van der Waals surface area contributed by atoms with Crippen LogP contribution in [0.3, 0.4) is 0 Å². The van der Waals surface area contributed by atoms with Crippen molar-refractivity contribution in [3.63, 3.8) is 0 Å². The molecular formula is C17H33BN2O3. The summed E-state index contributed by atoms with van der Waals surface area (Å²) >= 11 is 0. The lowest BCUT2D eigenvalue weighted by molar-refractivity contribution is -0.134. The Morgan fingerprint density at radius 2 is 1.61 bits per heavy atom. The Labute approximate surface area is 141 Å². The van der Waals surface area contributed by atoms with Crippen LogP contribution < -0.4 is 5.32 Å². The van der Waals surface area contributed by atoms with Gasteiger partial charge in [-0.15, -0.1) is 0 Å². The second kappa shape index (κ2) is 6.38. The average molecular weight is 324 g/mol. The molecule has 23 heavy (non-hydrogen) atoms. The third-order valence-corrected chi connectivity index (χ3v) is 5.87. The Hall–Kier alpha value is -0.585. The summed E-state index contributed by atoms with van der Waals surface area (Å²) in [7, 11) is -0.303. The Morgan fingerprint density at radius 3 is 2.00 bits per heavy atom. The first-order valence-corrected chi connectivity index (χ1v) is 8.94. The van der Waals surface area contributed by atoms with Gasteiger partial charge in [0.15, 0.2) is 0 Å². The molecule has 0 radical (unpaired) electrons. The van der Waals surface area contributed by atoms with Crippen LogP contribution in [0, 0.1) is 5.41 Å². The van der Waals surface area contributed by atoms with E-state index in [9.17, 15) is 4.79 Å². The Balaban J connectivity index is 1.99. The van der Waals surface area contributed by atoms with Gasteiger partial charge in [-0.05, 0) is 73.9 Å². The van der Waals surface area contributed by atoms with E-state index in [0.717, 1.165) is 32.4 Å². The topological polar surface area (TPSA) is 50.8 Å². The Kier molecular flexibility index (Phi) is 5.20. The Morgan fingerprint density at radius 1 is 1.13 bits per heavy atom. The third kappa shape index (κ3) is 3.59. The molecule has 2 fully saturated rings. The first kappa shape index (κ1) is 18.7. The fraction of sp³-hybridized carbons (Fsp3) is 0.941. The summed E-state index contributed by atoms with van der Waals surface area (Å²) in [6.45, 7) is 16.1. The van der Waals surface area contributed by atoms with Gasteiger partial charge in [0.05, 0.1) is 16.6 Å². The quantitative estimate of drug-likeness (QED) is 0.808. The minimum absolute atomic E-state index is 0.187. The van der Waals surface area contributed by atoms with Crippen molar-refractivity contribution in [2.75, 3.05) is 13.1 Å². The van der Waals surface area contributed by atoms with Crippen LogP contribution >= 0.6 is 0 Å². The molecule has 2 heterocycles. The minimum Gasteiger partial charge on any atom is -0.389 e. The molecule has 0 saturated carbocycles. The van der Waals surface area contributed by atoms with E-state index in [1.54, 1.807) is 0 Å². The molecule has 6 heteroatoms. The molecule has 2 aliphatic heterocycles. The van der Waals surface area contributed by atoms with Gasteiger partial charge >= 0.3 is 7.25 Å². The number of nitrogens with one attached hydrogen (secondary N) is 1. The van der Waals surface area contributed by atoms with E-state index in [4.69, 9.17) is 9.31 Å². The maximum atomic E-state index is 12.6. The predicted molar refractivity (Wildman–Crippen MR) is 92.9 cm³/mol. The monoisotopic (exact) mass is 324 g/mol. The van der Waals surface area contributed by atoms with Crippen LogP contribution in [-0.4, -0.2) is 48.3 Å². The van der Waals surface area contributed by atoms with Gasteiger partial charge in [-0.1, -0.05) is 6.92 Å². The first-order chi connectivity index (χ1) is 10.5. The standard InChI is InChI=1S/C17H33BN2O3/c1-8-17(14(21)19-13(2)3)9-11-20(12-10-17)18-22-15(4,5)16(6,7)23-18/h13H,8-12H2,1-7H3,(H,19,21). The number of hydrogen-bond donors (Lipinski definition) is 1. The highest BCUT2D eigenvalue weighted by molar-refractivity contribution is 6.42. The summed E-state index contributed by atoms with van der Waals surface area (Å²) in [6.07, 6.45) is 2.58. The Bertz CT molecular complexity index is 427. The summed E-state index contributed by atoms with van der Waals surface area (Å²) < 4.78 is 12.3. The van der Waals surface area contributed by atoms with E-state index >= 15 is 0 Å². The lowest BCUT2D eigenvalue weighted by atomic mass is 9.73. The zero-order valence-corrected chi connectivity index (χ0v) is 15.9. The highest BCUT2D eigenvalue weighted by Crippen LogP contribution is 2.41. The SMILES string of the molecule is CCC1(C(=O)NC(C)C)CCN(B2OC(C)(C)C(C)(C)O2)CC1. The van der Waals surface area contributed by atoms with E-state index in [1.807, 2.05) is 13.8 Å². The second-order valence-corrected chi connectivity index (χ2v) is 8.36. The van der Waals surface area contributed by atoms with Crippen molar-refractivity contribution in [3.05, 3.63) is 0 Å². The van der Waals surface area contributed by atoms with Crippen molar-refractivity contribution in [2.45, 2.75) is 85.0 Å². The van der Waals surface area contributed by atoms with Crippen molar-refractivity contribution in [1.82, 2.24) is 10.1 Å². The van der Waals surface area contributed by atoms with E-state index in [2.05, 4.69) is 44.7 Å². The first-order valence-electron chi connectivity index (χ1n) is 8.94. The van der Waals surface area contributed by atoms with Gasteiger partial charge in [0.1, 0.15) is 0 Å². The molecular weight excluding hydrogens is 291 g/mol. The number of amides is 1. The molecule has 132 valence electrons. The molecule has 0 aromatic rings. The van der Waals surface area contributed by atoms with Gasteiger partial charge in [-0.3, -0.25) is 9.61 Å². The lowest BCUT2D eigenvalue weighted by Crippen LogP contribution is -2.54. The van der Waals surface area contributed by atoms with Gasteiger partial charge in [0, 0.05) is 6.04 Å². The number of nitrogens with zero attached hydrogens (tertiary/aromatic N) is 1. The summed E-state index contributed by atoms with van der Waals surface area (Å²) in [5, 5.41) is 3.09. The van der Waals surface area contributed by atoms with Crippen molar-refractivity contribution in [2.24, 2.45) is 5.41 Å². The van der Waals surface area contributed by atoms with Gasteiger partial charge < -0.3 is 14.6 Å². The van der Waals surface area contributed by atoms with Gasteiger partial charge in [-0.2, -0.15) is 0 Å². The highest BCUT2D eigenvalue weighted by atomic mass is 16.7. The van der Waals surface area contributed by atoms with E-state index in [1.165, 1.54) is 0 Å². The van der Waals surface area contributed by atoms with Crippen molar-refractivity contribution >= 4 is 13.2 Å². The number of rotatable bonds is 4. The lowest BCUT2D eigenvalue weighted by Gasteiger charge is -2.41. The van der Waals surface area contributed by atoms with Crippen molar-refractivity contribution < 1.29 is 14.1 Å². The number of carbonyl (C=O) groups excluding carboxylic acids is 1. The maximum absolute atomic E-state index is 12.6. The molecule has 2 aliphatic rings. The molecule has 0 aromatic heterocycles.